The first kappa shape index (κ1) is 14.7. The maximum Gasteiger partial charge on any atom is 0.349 e. The summed E-state index contributed by atoms with van der Waals surface area (Å²) >= 11 is 0.772. The molecule has 1 aromatic heterocycles. The number of methoxy groups -OCH3 is 1. The van der Waals surface area contributed by atoms with Gasteiger partial charge in [0.05, 0.1) is 12.0 Å². The molecule has 2 rings (SSSR count). The summed E-state index contributed by atoms with van der Waals surface area (Å²) < 4.78 is 28.0. The first-order chi connectivity index (χ1) is 9.25. The number of carbonyl (C=O) groups is 1. The molecule has 0 aliphatic rings. The second kappa shape index (κ2) is 5.00. The van der Waals surface area contributed by atoms with Gasteiger partial charge in [0.1, 0.15) is 9.77 Å². The number of carbonyl (C=O) groups excluding carboxylic acids is 1. The highest BCUT2D eigenvalue weighted by atomic mass is 35.7. The third-order valence-electron chi connectivity index (χ3n) is 2.45. The fourth-order valence-corrected chi connectivity index (χ4v) is 4.58. The summed E-state index contributed by atoms with van der Waals surface area (Å²) in [4.78, 5) is 21.1. The summed E-state index contributed by atoms with van der Waals surface area (Å²) in [5, 5.41) is 10.8. The molecule has 1 heterocycles. The minimum absolute atomic E-state index is 0.149. The highest BCUT2D eigenvalue weighted by Crippen LogP contribution is 2.38. The lowest BCUT2D eigenvalue weighted by Gasteiger charge is -1.98. The van der Waals surface area contributed by atoms with Crippen LogP contribution in [0.2, 0.25) is 0 Å². The number of esters is 1. The Bertz CT molecular complexity index is 826. The van der Waals surface area contributed by atoms with Crippen LogP contribution in [0.25, 0.3) is 10.1 Å². The van der Waals surface area contributed by atoms with Crippen molar-refractivity contribution in [1.29, 1.82) is 0 Å². The number of non-ortho nitro benzene ring substituents is 1. The van der Waals surface area contributed by atoms with E-state index in [2.05, 4.69) is 4.74 Å². The van der Waals surface area contributed by atoms with E-state index in [1.54, 1.807) is 0 Å². The molecule has 20 heavy (non-hydrogen) atoms. The molecule has 2 aromatic rings. The number of thiophene rings is 1. The van der Waals surface area contributed by atoms with Crippen molar-refractivity contribution < 1.29 is 22.9 Å². The van der Waals surface area contributed by atoms with Crippen LogP contribution in [0.1, 0.15) is 9.67 Å². The van der Waals surface area contributed by atoms with Gasteiger partial charge in [0.2, 0.25) is 0 Å². The fraction of sp³-hybridized carbons (Fsp3) is 0.100. The highest BCUT2D eigenvalue weighted by molar-refractivity contribution is 8.14. The number of nitrogens with zero attached hydrogens (tertiary/aromatic N) is 1. The van der Waals surface area contributed by atoms with Gasteiger partial charge in [0.15, 0.2) is 0 Å². The first-order valence-corrected chi connectivity index (χ1v) is 8.12. The monoisotopic (exact) mass is 335 g/mol. The Labute approximate surface area is 121 Å². The van der Waals surface area contributed by atoms with Gasteiger partial charge >= 0.3 is 5.97 Å². The van der Waals surface area contributed by atoms with E-state index < -0.39 is 19.9 Å². The van der Waals surface area contributed by atoms with Gasteiger partial charge in [-0.2, -0.15) is 0 Å². The van der Waals surface area contributed by atoms with Crippen molar-refractivity contribution in [3.63, 3.8) is 0 Å². The van der Waals surface area contributed by atoms with Crippen LogP contribution in [0, 0.1) is 10.1 Å². The predicted octanol–water partition coefficient (Wildman–Crippen LogP) is 2.52. The molecule has 0 radical (unpaired) electrons. The normalized spacial score (nSPS) is 11.5. The predicted molar refractivity (Wildman–Crippen MR) is 72.9 cm³/mol. The molecular weight excluding hydrogens is 330 g/mol. The molecule has 0 bridgehead atoms. The third-order valence-corrected chi connectivity index (χ3v) is 5.09. The molecule has 7 nitrogen and oxygen atoms in total. The lowest BCUT2D eigenvalue weighted by Crippen LogP contribution is -2.03. The van der Waals surface area contributed by atoms with Crippen LogP contribution in [0.5, 0.6) is 0 Å². The maximum absolute atomic E-state index is 11.6. The van der Waals surface area contributed by atoms with E-state index in [9.17, 15) is 23.3 Å². The number of fused-ring (bicyclic) bond motifs is 1. The molecule has 0 saturated carbocycles. The Morgan fingerprint density at radius 1 is 1.45 bits per heavy atom. The molecule has 0 aliphatic heterocycles. The summed E-state index contributed by atoms with van der Waals surface area (Å²) in [5.41, 5.74) is -0.214. The maximum atomic E-state index is 11.6. The number of ether oxygens (including phenoxy) is 1. The van der Waals surface area contributed by atoms with Crippen LogP contribution in [0.3, 0.4) is 0 Å². The molecule has 10 heteroatoms. The van der Waals surface area contributed by atoms with Crippen molar-refractivity contribution in [3.8, 4) is 0 Å². The average Bonchev–Trinajstić information content (AvgIpc) is 2.75. The quantitative estimate of drug-likeness (QED) is 0.369. The van der Waals surface area contributed by atoms with Crippen molar-refractivity contribution in [2.75, 3.05) is 7.11 Å². The van der Waals surface area contributed by atoms with E-state index in [1.165, 1.54) is 12.1 Å². The van der Waals surface area contributed by atoms with Crippen LogP contribution < -0.4 is 0 Å². The molecule has 1 aromatic carbocycles. The molecule has 0 fully saturated rings. The van der Waals surface area contributed by atoms with Gasteiger partial charge in [-0.05, 0) is 6.07 Å². The van der Waals surface area contributed by atoms with Crippen LogP contribution in [-0.2, 0) is 13.8 Å². The number of nitro groups is 1. The van der Waals surface area contributed by atoms with Gasteiger partial charge in [-0.25, -0.2) is 13.2 Å². The number of rotatable bonds is 3. The molecule has 0 aliphatic carbocycles. The van der Waals surface area contributed by atoms with Crippen LogP contribution in [0.4, 0.5) is 5.69 Å². The zero-order valence-corrected chi connectivity index (χ0v) is 12.2. The van der Waals surface area contributed by atoms with Crippen molar-refractivity contribution in [1.82, 2.24) is 0 Å². The van der Waals surface area contributed by atoms with E-state index >= 15 is 0 Å². The van der Waals surface area contributed by atoms with Gasteiger partial charge in [0, 0.05) is 32.9 Å². The lowest BCUT2D eigenvalue weighted by molar-refractivity contribution is -0.384. The number of hydrogen-bond acceptors (Lipinski definition) is 7. The molecule has 0 amide bonds. The van der Waals surface area contributed by atoms with Gasteiger partial charge in [0.25, 0.3) is 14.7 Å². The Balaban J connectivity index is 2.86. The molecule has 0 saturated heterocycles. The smallest absolute Gasteiger partial charge is 0.349 e. The minimum atomic E-state index is -4.19. The van der Waals surface area contributed by atoms with Gasteiger partial charge in [-0.3, -0.25) is 10.1 Å². The van der Waals surface area contributed by atoms with Crippen molar-refractivity contribution >= 4 is 52.8 Å². The molecule has 106 valence electrons. The van der Waals surface area contributed by atoms with Crippen molar-refractivity contribution in [2.45, 2.75) is 4.90 Å². The minimum Gasteiger partial charge on any atom is -0.465 e. The van der Waals surface area contributed by atoms with Crippen LogP contribution in [0.15, 0.2) is 23.1 Å². The standard InChI is InChI=1S/C10H6ClNO6S2/c1-18-10(13)8-9(20(11,16)17)6-3-2-5(12(14)15)4-7(6)19-8/h2-4H,1H3. The number of nitro benzene ring substituents is 1. The molecular formula is C10H6ClNO6S2. The zero-order valence-electron chi connectivity index (χ0n) is 9.82. The van der Waals surface area contributed by atoms with E-state index in [1.807, 2.05) is 0 Å². The molecule has 0 atom stereocenters. The number of halogens is 1. The Hall–Kier alpha value is -1.71. The number of benzene rings is 1. The van der Waals surface area contributed by atoms with Gasteiger partial charge < -0.3 is 4.74 Å². The van der Waals surface area contributed by atoms with Crippen molar-refractivity contribution in [2.24, 2.45) is 0 Å². The molecule has 0 N–H and O–H groups in total. The second-order valence-electron chi connectivity index (χ2n) is 3.63. The van der Waals surface area contributed by atoms with E-state index in [4.69, 9.17) is 10.7 Å². The summed E-state index contributed by atoms with van der Waals surface area (Å²) in [5.74, 6) is -0.868. The largest absolute Gasteiger partial charge is 0.465 e. The average molecular weight is 336 g/mol. The number of hydrogen-bond donors (Lipinski definition) is 0. The lowest BCUT2D eigenvalue weighted by atomic mass is 10.2. The second-order valence-corrected chi connectivity index (χ2v) is 7.18. The van der Waals surface area contributed by atoms with E-state index in [-0.39, 0.29) is 25.5 Å². The first-order valence-electron chi connectivity index (χ1n) is 4.99. The van der Waals surface area contributed by atoms with E-state index in [0.717, 1.165) is 24.5 Å². The van der Waals surface area contributed by atoms with Crippen molar-refractivity contribution in [3.05, 3.63) is 33.2 Å². The summed E-state index contributed by atoms with van der Waals surface area (Å²) in [6, 6.07) is 3.56. The highest BCUT2D eigenvalue weighted by Gasteiger charge is 2.28. The fourth-order valence-electron chi connectivity index (χ4n) is 1.64. The zero-order chi connectivity index (χ0) is 15.1. The third kappa shape index (κ3) is 2.47. The Morgan fingerprint density at radius 2 is 2.10 bits per heavy atom. The van der Waals surface area contributed by atoms with Crippen LogP contribution in [-0.4, -0.2) is 26.4 Å². The van der Waals surface area contributed by atoms with Gasteiger partial charge in [-0.1, -0.05) is 0 Å². The van der Waals surface area contributed by atoms with E-state index in [0.29, 0.717) is 0 Å². The molecule has 0 unspecified atom stereocenters. The summed E-state index contributed by atoms with van der Waals surface area (Å²) in [6.07, 6.45) is 0. The summed E-state index contributed by atoms with van der Waals surface area (Å²) in [7, 11) is 2.23. The summed E-state index contributed by atoms with van der Waals surface area (Å²) in [6.45, 7) is 0. The Morgan fingerprint density at radius 3 is 2.60 bits per heavy atom. The van der Waals surface area contributed by atoms with Crippen LogP contribution >= 0.6 is 22.0 Å². The SMILES string of the molecule is COC(=O)c1sc2cc([N+](=O)[O-])ccc2c1S(=O)(=O)Cl. The Kier molecular flexibility index (Phi) is 3.67. The topological polar surface area (TPSA) is 104 Å². The van der Waals surface area contributed by atoms with Gasteiger partial charge in [-0.15, -0.1) is 11.3 Å². The molecule has 0 spiro atoms.